The normalized spacial score (nSPS) is 28.5. The molecule has 0 aromatic heterocycles. The average Bonchev–Trinajstić information content (AvgIpc) is 3.41. The van der Waals surface area contributed by atoms with Crippen LogP contribution in [0.2, 0.25) is 5.02 Å². The van der Waals surface area contributed by atoms with Crippen molar-refractivity contribution in [3.8, 4) is 11.5 Å². The largest absolute Gasteiger partial charge is 0.508 e. The summed E-state index contributed by atoms with van der Waals surface area (Å²) in [6.07, 6.45) is 0.483. The number of amides is 4. The number of allylic oxidation sites excluding steroid dienone is 2. The first kappa shape index (κ1) is 34.7. The first-order valence-electron chi connectivity index (χ1n) is 14.8. The van der Waals surface area contributed by atoms with Crippen molar-refractivity contribution in [2.24, 2.45) is 17.8 Å². The van der Waals surface area contributed by atoms with Gasteiger partial charge in [0, 0.05) is 17.0 Å². The van der Waals surface area contributed by atoms with Crippen LogP contribution in [-0.4, -0.2) is 54.7 Å². The van der Waals surface area contributed by atoms with Crippen molar-refractivity contribution in [1.29, 1.82) is 0 Å². The van der Waals surface area contributed by atoms with Gasteiger partial charge in [0.2, 0.25) is 17.6 Å². The summed E-state index contributed by atoms with van der Waals surface area (Å²) < 4.78 is 73.1. The van der Waals surface area contributed by atoms with Crippen molar-refractivity contribution < 1.29 is 61.2 Å². The second-order valence-corrected chi connectivity index (χ2v) is 14.1. The number of aromatic carboxylic acids is 1. The third-order valence-electron chi connectivity index (χ3n) is 9.99. The van der Waals surface area contributed by atoms with Crippen LogP contribution in [0, 0.1) is 46.8 Å². The number of hydrogen-bond acceptors (Lipinski definition) is 7. The Kier molecular flexibility index (Phi) is 7.75. The molecule has 3 aromatic rings. The highest BCUT2D eigenvalue weighted by molar-refractivity contribution is 6.58. The third kappa shape index (κ3) is 4.43. The fourth-order valence-electron chi connectivity index (χ4n) is 7.76. The van der Waals surface area contributed by atoms with Gasteiger partial charge in [-0.2, -0.15) is 0 Å². The predicted molar refractivity (Wildman–Crippen MR) is 167 cm³/mol. The van der Waals surface area contributed by atoms with Gasteiger partial charge in [-0.3, -0.25) is 19.2 Å². The molecule has 0 bridgehead atoms. The van der Waals surface area contributed by atoms with Crippen LogP contribution in [0.1, 0.15) is 34.7 Å². The summed E-state index contributed by atoms with van der Waals surface area (Å²) in [5, 5.41) is 29.4. The first-order valence-corrected chi connectivity index (χ1v) is 15.9. The summed E-state index contributed by atoms with van der Waals surface area (Å²) >= 11 is 20.6. The molecular weight excluding hydrogens is 754 g/mol. The van der Waals surface area contributed by atoms with E-state index < -0.39 is 116 Å². The molecule has 6 unspecified atom stereocenters. The maximum Gasteiger partial charge on any atom is 0.339 e. The van der Waals surface area contributed by atoms with E-state index in [2.05, 4.69) is 0 Å². The number of carboxylic acid groups (broad SMARTS) is 1. The molecule has 51 heavy (non-hydrogen) atoms. The van der Waals surface area contributed by atoms with Gasteiger partial charge in [-0.25, -0.2) is 36.5 Å². The Labute approximate surface area is 297 Å². The molecule has 2 heterocycles. The summed E-state index contributed by atoms with van der Waals surface area (Å²) in [6, 6.07) is 6.31. The second-order valence-electron chi connectivity index (χ2n) is 12.4. The van der Waals surface area contributed by atoms with Gasteiger partial charge < -0.3 is 15.3 Å². The molecule has 18 heteroatoms. The third-order valence-corrected chi connectivity index (χ3v) is 11.7. The van der Waals surface area contributed by atoms with Crippen LogP contribution >= 0.6 is 34.8 Å². The predicted octanol–water partition coefficient (Wildman–Crippen LogP) is 5.91. The van der Waals surface area contributed by atoms with Gasteiger partial charge in [0.15, 0.2) is 33.0 Å². The molecular formula is C33H18Cl3F5N2O8. The highest BCUT2D eigenvalue weighted by Crippen LogP contribution is 2.66. The Morgan fingerprint density at radius 3 is 2.02 bits per heavy atom. The minimum Gasteiger partial charge on any atom is -0.508 e. The molecule has 264 valence electrons. The van der Waals surface area contributed by atoms with Crippen molar-refractivity contribution in [1.82, 2.24) is 0 Å². The van der Waals surface area contributed by atoms with Crippen LogP contribution < -0.4 is 9.80 Å². The van der Waals surface area contributed by atoms with Crippen LogP contribution in [0.25, 0.3) is 0 Å². The van der Waals surface area contributed by atoms with Crippen LogP contribution in [0.5, 0.6) is 11.5 Å². The van der Waals surface area contributed by atoms with Crippen LogP contribution in [0.4, 0.5) is 33.3 Å². The monoisotopic (exact) mass is 770 g/mol. The van der Waals surface area contributed by atoms with E-state index in [1.165, 1.54) is 12.1 Å². The Balaban J connectivity index is 1.41. The fraction of sp³-hybridized carbons (Fsp3) is 0.242. The minimum atomic E-state index is -2.81. The molecule has 3 aromatic carbocycles. The number of hydrogen-bond donors (Lipinski definition) is 3. The van der Waals surface area contributed by atoms with Gasteiger partial charge in [0.05, 0.1) is 17.5 Å². The van der Waals surface area contributed by atoms with Crippen LogP contribution in [0.15, 0.2) is 48.0 Å². The fourth-order valence-corrected chi connectivity index (χ4v) is 8.97. The van der Waals surface area contributed by atoms with Gasteiger partial charge in [0.25, 0.3) is 11.8 Å². The summed E-state index contributed by atoms with van der Waals surface area (Å²) in [6.45, 7) is 0. The molecule has 0 spiro atoms. The zero-order valence-corrected chi connectivity index (χ0v) is 27.3. The molecule has 1 saturated carbocycles. The highest BCUT2D eigenvalue weighted by Gasteiger charge is 2.77. The van der Waals surface area contributed by atoms with Gasteiger partial charge in [0.1, 0.15) is 22.7 Å². The minimum absolute atomic E-state index is 0.0906. The zero-order chi connectivity index (χ0) is 37.2. The van der Waals surface area contributed by atoms with Crippen molar-refractivity contribution in [2.45, 2.75) is 28.5 Å². The van der Waals surface area contributed by atoms with Gasteiger partial charge in [-0.15, -0.1) is 23.2 Å². The van der Waals surface area contributed by atoms with E-state index in [1.54, 1.807) is 0 Å². The number of phenolic OH excluding ortho intramolecular Hbond substituents is 1. The number of nitrogens with zero attached hydrogens (tertiary/aromatic N) is 2. The summed E-state index contributed by atoms with van der Waals surface area (Å²) in [7, 11) is 0. The Morgan fingerprint density at radius 1 is 0.804 bits per heavy atom. The molecule has 3 fully saturated rings. The van der Waals surface area contributed by atoms with Crippen LogP contribution in [-0.2, 0) is 19.2 Å². The van der Waals surface area contributed by atoms with Crippen molar-refractivity contribution in [3.05, 3.63) is 93.3 Å². The highest BCUT2D eigenvalue weighted by atomic mass is 35.5. The van der Waals surface area contributed by atoms with E-state index in [0.717, 1.165) is 30.3 Å². The average molecular weight is 772 g/mol. The van der Waals surface area contributed by atoms with Gasteiger partial charge in [-0.1, -0.05) is 29.3 Å². The molecule has 4 aliphatic rings. The number of halogens is 8. The zero-order valence-electron chi connectivity index (χ0n) is 25.1. The Morgan fingerprint density at radius 2 is 1.43 bits per heavy atom. The van der Waals surface area contributed by atoms with Gasteiger partial charge >= 0.3 is 5.97 Å². The number of carbonyl (C=O) groups is 5. The number of alkyl halides is 2. The topological polar surface area (TPSA) is 153 Å². The van der Waals surface area contributed by atoms with Gasteiger partial charge in [-0.05, 0) is 48.6 Å². The molecule has 2 saturated heterocycles. The number of fused-ring (bicyclic) bond motifs is 4. The number of benzene rings is 3. The smallest absolute Gasteiger partial charge is 0.339 e. The maximum absolute atomic E-state index is 15.2. The van der Waals surface area contributed by atoms with Crippen LogP contribution in [0.3, 0.4) is 0 Å². The van der Waals surface area contributed by atoms with E-state index in [9.17, 15) is 52.5 Å². The lowest BCUT2D eigenvalue weighted by molar-refractivity contribution is -0.125. The van der Waals surface area contributed by atoms with Crippen molar-refractivity contribution >= 4 is 75.8 Å². The summed E-state index contributed by atoms with van der Waals surface area (Å²) in [4.78, 5) is 62.6. The lowest BCUT2D eigenvalue weighted by Crippen LogP contribution is -2.60. The number of phenols is 2. The SMILES string of the molecule is O=C(O)c1ccc(N2C(=O)C3CC=C4C(CC5(Cl)C(=O)N(c6c(F)c(F)c(F)c(F)c6F)C(=O)C5(Cl)C4c4ccc(O)cc4Cl)C3C2=O)cc1O. The summed E-state index contributed by atoms with van der Waals surface area (Å²) in [5.41, 5.74) is -2.64. The molecule has 6 atom stereocenters. The quantitative estimate of drug-likeness (QED) is 0.0740. The number of imide groups is 2. The molecule has 4 amide bonds. The Hall–Kier alpha value is -4.73. The van der Waals surface area contributed by atoms with Crippen molar-refractivity contribution in [2.75, 3.05) is 9.80 Å². The second kappa shape index (κ2) is 11.4. The summed E-state index contributed by atoms with van der Waals surface area (Å²) in [5.74, 6) is -25.7. The number of carbonyl (C=O) groups excluding carboxylic acids is 4. The molecule has 3 N–H and O–H groups in total. The first-order chi connectivity index (χ1) is 23.9. The number of carboxylic acids is 1. The standard InChI is InChI=1S/C33H18Cl3F5N2O8/c34-17-8-11(44)2-4-13(17)20-12-5-6-15-19(28(47)42(27(15)46)10-1-3-14(29(48)49)18(45)7-10)16(12)9-32(35)30(50)43(31(51)33(20,32)36)26-24(40)22(38)21(37)23(39)25(26)41/h1-5,7-8,15-16,19-20,44-45H,6,9H2,(H,48,49). The number of anilines is 2. The maximum atomic E-state index is 15.2. The lowest BCUT2D eigenvalue weighted by Gasteiger charge is -2.50. The molecule has 2 aliphatic carbocycles. The van der Waals surface area contributed by atoms with E-state index in [1.807, 2.05) is 0 Å². The molecule has 10 nitrogen and oxygen atoms in total. The molecule has 0 radical (unpaired) electrons. The van der Waals surface area contributed by atoms with E-state index in [0.29, 0.717) is 4.90 Å². The molecule has 7 rings (SSSR count). The number of aromatic hydroxyl groups is 2. The molecule has 2 aliphatic heterocycles. The number of rotatable bonds is 4. The lowest BCUT2D eigenvalue weighted by atomic mass is 9.56. The Bertz CT molecular complexity index is 2190. The van der Waals surface area contributed by atoms with E-state index >= 15 is 8.78 Å². The van der Waals surface area contributed by atoms with Crippen molar-refractivity contribution in [3.63, 3.8) is 0 Å². The van der Waals surface area contributed by atoms with E-state index in [4.69, 9.17) is 34.8 Å². The van der Waals surface area contributed by atoms with E-state index in [-0.39, 0.29) is 38.9 Å².